The van der Waals surface area contributed by atoms with Gasteiger partial charge in [-0.05, 0) is 68.9 Å². The zero-order valence-electron chi connectivity index (χ0n) is 21.1. The summed E-state index contributed by atoms with van der Waals surface area (Å²) in [7, 11) is 1.81. The largest absolute Gasteiger partial charge is 0.491 e. The monoisotopic (exact) mass is 467 g/mol. The first-order valence-electron chi connectivity index (χ1n) is 12.8. The smallest absolute Gasteiger partial charge is 0.122 e. The zero-order chi connectivity index (χ0) is 24.0. The van der Waals surface area contributed by atoms with E-state index in [0.717, 1.165) is 69.7 Å². The van der Waals surface area contributed by atoms with Crippen molar-refractivity contribution in [1.29, 1.82) is 0 Å². The molecule has 0 unspecified atom stereocenters. The molecule has 2 aromatic carbocycles. The second-order valence-corrected chi connectivity index (χ2v) is 10.4. The third-order valence-electron chi connectivity index (χ3n) is 7.64. The lowest BCUT2D eigenvalue weighted by Crippen LogP contribution is -2.48. The van der Waals surface area contributed by atoms with Gasteiger partial charge in [0, 0.05) is 26.7 Å². The molecule has 5 nitrogen and oxygen atoms in total. The second kappa shape index (κ2) is 11.1. The molecule has 0 aromatic heterocycles. The molecule has 0 amide bonds. The number of hydrogen-bond donors (Lipinski definition) is 1. The van der Waals surface area contributed by atoms with E-state index in [9.17, 15) is 5.11 Å². The van der Waals surface area contributed by atoms with Crippen LogP contribution in [0.2, 0.25) is 0 Å². The average molecular weight is 468 g/mol. The molecule has 2 fully saturated rings. The fourth-order valence-corrected chi connectivity index (χ4v) is 5.22. The van der Waals surface area contributed by atoms with Gasteiger partial charge in [0.15, 0.2) is 0 Å². The Kier molecular flexibility index (Phi) is 8.18. The minimum Gasteiger partial charge on any atom is -0.491 e. The summed E-state index contributed by atoms with van der Waals surface area (Å²) in [5.74, 6) is 1.78. The Labute approximate surface area is 205 Å². The van der Waals surface area contributed by atoms with Crippen molar-refractivity contribution in [1.82, 2.24) is 4.90 Å². The Morgan fingerprint density at radius 2 is 1.56 bits per heavy atom. The standard InChI is InChI=1S/C29H41NO4/c1-23-7-12-27(24(2)19-23)34-22-29(32-3)15-17-30(18-16-29)20-25-8-10-26(11-9-25)33-21-28(31)13-5-4-6-14-28/h7-12,19,31H,4-6,13-18,20-22H2,1-3H3. The van der Waals surface area contributed by atoms with Crippen LogP contribution in [0.15, 0.2) is 42.5 Å². The van der Waals surface area contributed by atoms with Crippen LogP contribution < -0.4 is 9.47 Å². The van der Waals surface area contributed by atoms with Crippen LogP contribution in [0, 0.1) is 13.8 Å². The van der Waals surface area contributed by atoms with E-state index in [1.165, 1.54) is 23.1 Å². The molecule has 1 saturated carbocycles. The van der Waals surface area contributed by atoms with Gasteiger partial charge in [0.05, 0.1) is 5.60 Å². The van der Waals surface area contributed by atoms with Gasteiger partial charge in [-0.1, -0.05) is 49.1 Å². The van der Waals surface area contributed by atoms with Crippen LogP contribution in [0.4, 0.5) is 0 Å². The van der Waals surface area contributed by atoms with Gasteiger partial charge < -0.3 is 19.3 Å². The molecule has 1 aliphatic carbocycles. The predicted octanol–water partition coefficient (Wildman–Crippen LogP) is 5.44. The number of aryl methyl sites for hydroxylation is 2. The van der Waals surface area contributed by atoms with E-state index < -0.39 is 5.60 Å². The number of likely N-dealkylation sites (tertiary alicyclic amines) is 1. The third kappa shape index (κ3) is 6.53. The minimum atomic E-state index is -0.652. The van der Waals surface area contributed by atoms with Gasteiger partial charge in [0.2, 0.25) is 0 Å². The Hall–Kier alpha value is -2.08. The first-order chi connectivity index (χ1) is 16.4. The molecule has 1 heterocycles. The Bertz CT molecular complexity index is 912. The van der Waals surface area contributed by atoms with Gasteiger partial charge in [-0.2, -0.15) is 0 Å². The van der Waals surface area contributed by atoms with Crippen molar-refractivity contribution in [3.05, 3.63) is 59.2 Å². The van der Waals surface area contributed by atoms with Crippen molar-refractivity contribution < 1.29 is 19.3 Å². The molecular formula is C29H41NO4. The minimum absolute atomic E-state index is 0.231. The van der Waals surface area contributed by atoms with E-state index >= 15 is 0 Å². The maximum atomic E-state index is 10.6. The van der Waals surface area contributed by atoms with Gasteiger partial charge >= 0.3 is 0 Å². The molecule has 0 bridgehead atoms. The zero-order valence-corrected chi connectivity index (χ0v) is 21.1. The van der Waals surface area contributed by atoms with Gasteiger partial charge in [-0.25, -0.2) is 0 Å². The molecule has 1 saturated heterocycles. The lowest BCUT2D eigenvalue weighted by atomic mass is 9.85. The molecule has 0 spiro atoms. The molecule has 2 aromatic rings. The first kappa shape index (κ1) is 25.0. The van der Waals surface area contributed by atoms with E-state index in [0.29, 0.717) is 13.2 Å². The molecule has 1 N–H and O–H groups in total. The van der Waals surface area contributed by atoms with Gasteiger partial charge in [0.1, 0.15) is 30.3 Å². The molecule has 5 heteroatoms. The molecule has 186 valence electrons. The van der Waals surface area contributed by atoms with E-state index in [1.54, 1.807) is 0 Å². The van der Waals surface area contributed by atoms with Crippen LogP contribution in [0.25, 0.3) is 0 Å². The molecule has 2 aliphatic rings. The Morgan fingerprint density at radius 1 is 0.853 bits per heavy atom. The predicted molar refractivity (Wildman–Crippen MR) is 136 cm³/mol. The highest BCUT2D eigenvalue weighted by molar-refractivity contribution is 5.35. The average Bonchev–Trinajstić information content (AvgIpc) is 2.85. The summed E-state index contributed by atoms with van der Waals surface area (Å²) in [6, 6.07) is 14.7. The summed E-state index contributed by atoms with van der Waals surface area (Å²) in [6.07, 6.45) is 7.01. The van der Waals surface area contributed by atoms with Crippen LogP contribution in [-0.4, -0.2) is 54.6 Å². The third-order valence-corrected chi connectivity index (χ3v) is 7.64. The van der Waals surface area contributed by atoms with E-state index in [2.05, 4.69) is 49.1 Å². The maximum Gasteiger partial charge on any atom is 0.122 e. The number of ether oxygens (including phenoxy) is 3. The summed E-state index contributed by atoms with van der Waals surface area (Å²) in [5.41, 5.74) is 2.82. The SMILES string of the molecule is COC1(COc2ccc(C)cc2C)CCN(Cc2ccc(OCC3(O)CCCCC3)cc2)CC1. The van der Waals surface area contributed by atoms with Crippen molar-refractivity contribution in [3.63, 3.8) is 0 Å². The van der Waals surface area contributed by atoms with Crippen molar-refractivity contribution in [2.24, 2.45) is 0 Å². The van der Waals surface area contributed by atoms with Crippen molar-refractivity contribution in [3.8, 4) is 11.5 Å². The maximum absolute atomic E-state index is 10.6. The number of aliphatic hydroxyl groups is 1. The number of methoxy groups -OCH3 is 1. The van der Waals surface area contributed by atoms with Gasteiger partial charge in [-0.15, -0.1) is 0 Å². The van der Waals surface area contributed by atoms with E-state index in [4.69, 9.17) is 14.2 Å². The molecule has 0 radical (unpaired) electrons. The van der Waals surface area contributed by atoms with Crippen LogP contribution in [0.3, 0.4) is 0 Å². The quantitative estimate of drug-likeness (QED) is 0.532. The molecule has 1 aliphatic heterocycles. The topological polar surface area (TPSA) is 51.2 Å². The lowest BCUT2D eigenvalue weighted by Gasteiger charge is -2.40. The molecule has 0 atom stereocenters. The summed E-state index contributed by atoms with van der Waals surface area (Å²) in [4.78, 5) is 2.48. The highest BCUT2D eigenvalue weighted by atomic mass is 16.5. The fourth-order valence-electron chi connectivity index (χ4n) is 5.22. The van der Waals surface area contributed by atoms with E-state index in [1.807, 2.05) is 19.2 Å². The van der Waals surface area contributed by atoms with Crippen LogP contribution in [0.1, 0.15) is 61.6 Å². The summed E-state index contributed by atoms with van der Waals surface area (Å²) in [5, 5.41) is 10.6. The summed E-state index contributed by atoms with van der Waals surface area (Å²) in [6.45, 7) is 8.05. The number of hydrogen-bond acceptors (Lipinski definition) is 5. The Morgan fingerprint density at radius 3 is 2.21 bits per heavy atom. The Balaban J connectivity index is 1.24. The highest BCUT2D eigenvalue weighted by Crippen LogP contribution is 2.30. The molecule has 4 rings (SSSR count). The molecule has 34 heavy (non-hydrogen) atoms. The molecular weight excluding hydrogens is 426 g/mol. The van der Waals surface area contributed by atoms with E-state index in [-0.39, 0.29) is 5.60 Å². The number of piperidine rings is 1. The number of benzene rings is 2. The normalized spacial score (nSPS) is 20.1. The number of rotatable bonds is 9. The van der Waals surface area contributed by atoms with Gasteiger partial charge in [-0.3, -0.25) is 4.90 Å². The van der Waals surface area contributed by atoms with Gasteiger partial charge in [0.25, 0.3) is 0 Å². The first-order valence-corrected chi connectivity index (χ1v) is 12.8. The number of nitrogens with zero attached hydrogens (tertiary/aromatic N) is 1. The van der Waals surface area contributed by atoms with Crippen LogP contribution in [-0.2, 0) is 11.3 Å². The van der Waals surface area contributed by atoms with Crippen molar-refractivity contribution in [2.75, 3.05) is 33.4 Å². The fraction of sp³-hybridized carbons (Fsp3) is 0.586. The van der Waals surface area contributed by atoms with Crippen LogP contribution >= 0.6 is 0 Å². The highest BCUT2D eigenvalue weighted by Gasteiger charge is 2.35. The second-order valence-electron chi connectivity index (χ2n) is 10.4. The lowest BCUT2D eigenvalue weighted by molar-refractivity contribution is -0.0840. The van der Waals surface area contributed by atoms with Crippen molar-refractivity contribution >= 4 is 0 Å². The van der Waals surface area contributed by atoms with Crippen molar-refractivity contribution in [2.45, 2.75) is 76.5 Å². The summed E-state index contributed by atoms with van der Waals surface area (Å²) >= 11 is 0. The van der Waals surface area contributed by atoms with Crippen LogP contribution in [0.5, 0.6) is 11.5 Å². The summed E-state index contributed by atoms with van der Waals surface area (Å²) < 4.78 is 18.1.